The van der Waals surface area contributed by atoms with Crippen LogP contribution in [-0.2, 0) is 9.47 Å². The first-order chi connectivity index (χ1) is 13.0. The van der Waals surface area contributed by atoms with E-state index in [0.717, 1.165) is 45.2 Å². The number of morpholine rings is 1. The zero-order chi connectivity index (χ0) is 21.3. The molecule has 28 heavy (non-hydrogen) atoms. The van der Waals surface area contributed by atoms with Gasteiger partial charge in [-0.15, -0.1) is 0 Å². The Balaban J connectivity index is 2.48. The van der Waals surface area contributed by atoms with Gasteiger partial charge in [-0.1, -0.05) is 13.8 Å². The van der Waals surface area contributed by atoms with Gasteiger partial charge in [-0.05, 0) is 40.2 Å². The van der Waals surface area contributed by atoms with Gasteiger partial charge in [-0.3, -0.25) is 4.99 Å². The number of nitrogens with zero attached hydrogens (tertiary/aromatic N) is 3. The molecule has 1 aliphatic rings. The summed E-state index contributed by atoms with van der Waals surface area (Å²) in [6.45, 7) is 14.0. The van der Waals surface area contributed by atoms with E-state index in [1.807, 2.05) is 27.8 Å². The maximum Gasteiger partial charge on any atom is 0.407 e. The monoisotopic (exact) mass is 399 g/mol. The van der Waals surface area contributed by atoms with E-state index in [1.54, 1.807) is 7.05 Å². The van der Waals surface area contributed by atoms with Crippen molar-refractivity contribution in [3.8, 4) is 0 Å². The standard InChI is InChI=1S/C20H41N5O3/c1-15(2)17(23-19(26)28-20(3,4)5)9-10-25(8)18(21-6)22-13-16-14-24(7)11-12-27-16/h15-17H,9-14H2,1-8H3,(H,21,22)(H,23,26). The molecule has 1 heterocycles. The van der Waals surface area contributed by atoms with E-state index in [1.165, 1.54) is 0 Å². The molecule has 8 nitrogen and oxygen atoms in total. The van der Waals surface area contributed by atoms with Crippen molar-refractivity contribution in [1.29, 1.82) is 0 Å². The van der Waals surface area contributed by atoms with Crippen LogP contribution in [0.3, 0.4) is 0 Å². The summed E-state index contributed by atoms with van der Waals surface area (Å²) in [5.74, 6) is 1.14. The lowest BCUT2D eigenvalue weighted by Crippen LogP contribution is -2.49. The van der Waals surface area contributed by atoms with E-state index in [2.05, 4.69) is 46.3 Å². The van der Waals surface area contributed by atoms with Gasteiger partial charge in [0.25, 0.3) is 0 Å². The number of ether oxygens (including phenoxy) is 2. The lowest BCUT2D eigenvalue weighted by atomic mass is 10.0. The van der Waals surface area contributed by atoms with Crippen LogP contribution in [0, 0.1) is 5.92 Å². The summed E-state index contributed by atoms with van der Waals surface area (Å²) in [6.07, 6.45) is 0.604. The summed E-state index contributed by atoms with van der Waals surface area (Å²) in [6, 6.07) is 0.0331. The molecule has 1 fully saturated rings. The van der Waals surface area contributed by atoms with E-state index in [9.17, 15) is 4.79 Å². The van der Waals surface area contributed by atoms with Gasteiger partial charge in [0.05, 0.1) is 12.7 Å². The molecule has 0 bridgehead atoms. The van der Waals surface area contributed by atoms with Gasteiger partial charge in [0, 0.05) is 46.3 Å². The van der Waals surface area contributed by atoms with Crippen LogP contribution < -0.4 is 10.6 Å². The molecule has 8 heteroatoms. The molecule has 0 aromatic heterocycles. The van der Waals surface area contributed by atoms with Crippen LogP contribution in [0.5, 0.6) is 0 Å². The third-order valence-corrected chi connectivity index (χ3v) is 4.69. The zero-order valence-electron chi connectivity index (χ0n) is 19.0. The Morgan fingerprint density at radius 2 is 2.07 bits per heavy atom. The van der Waals surface area contributed by atoms with Crippen molar-refractivity contribution in [2.45, 2.75) is 58.8 Å². The molecule has 0 aromatic rings. The van der Waals surface area contributed by atoms with Crippen molar-refractivity contribution in [2.24, 2.45) is 10.9 Å². The van der Waals surface area contributed by atoms with Crippen LogP contribution in [0.15, 0.2) is 4.99 Å². The van der Waals surface area contributed by atoms with E-state index >= 15 is 0 Å². The third kappa shape index (κ3) is 9.59. The third-order valence-electron chi connectivity index (χ3n) is 4.69. The fourth-order valence-corrected chi connectivity index (χ4v) is 3.05. The molecule has 0 spiro atoms. The quantitative estimate of drug-likeness (QED) is 0.502. The molecule has 2 unspecified atom stereocenters. The summed E-state index contributed by atoms with van der Waals surface area (Å²) in [7, 11) is 5.90. The highest BCUT2D eigenvalue weighted by Crippen LogP contribution is 2.11. The van der Waals surface area contributed by atoms with Crippen LogP contribution in [0.2, 0.25) is 0 Å². The largest absolute Gasteiger partial charge is 0.444 e. The molecule has 0 aromatic carbocycles. The first-order valence-electron chi connectivity index (χ1n) is 10.2. The first kappa shape index (κ1) is 24.5. The number of likely N-dealkylation sites (N-methyl/N-ethyl adjacent to an activating group) is 1. The van der Waals surface area contributed by atoms with Crippen LogP contribution in [0.1, 0.15) is 41.0 Å². The molecule has 2 N–H and O–H groups in total. The van der Waals surface area contributed by atoms with Crippen molar-refractivity contribution < 1.29 is 14.3 Å². The van der Waals surface area contributed by atoms with Crippen molar-refractivity contribution >= 4 is 12.1 Å². The number of nitrogens with one attached hydrogen (secondary N) is 2. The first-order valence-corrected chi connectivity index (χ1v) is 10.2. The fraction of sp³-hybridized carbons (Fsp3) is 0.900. The lowest BCUT2D eigenvalue weighted by molar-refractivity contribution is -0.0163. The molecular weight excluding hydrogens is 358 g/mol. The molecular formula is C20H41N5O3. The molecule has 0 radical (unpaired) electrons. The number of carbonyl (C=O) groups excluding carboxylic acids is 1. The number of aliphatic imine (C=N–C) groups is 1. The highest BCUT2D eigenvalue weighted by molar-refractivity contribution is 5.79. The number of hydrogen-bond acceptors (Lipinski definition) is 5. The fourth-order valence-electron chi connectivity index (χ4n) is 3.05. The van der Waals surface area contributed by atoms with Gasteiger partial charge in [0.2, 0.25) is 0 Å². The number of alkyl carbamates (subject to hydrolysis) is 1. The number of rotatable bonds is 7. The van der Waals surface area contributed by atoms with Crippen molar-refractivity contribution in [3.63, 3.8) is 0 Å². The van der Waals surface area contributed by atoms with Gasteiger partial charge in [0.1, 0.15) is 5.60 Å². The summed E-state index contributed by atoms with van der Waals surface area (Å²) in [5, 5.41) is 6.40. The lowest BCUT2D eigenvalue weighted by Gasteiger charge is -2.32. The Morgan fingerprint density at radius 1 is 1.39 bits per heavy atom. The maximum absolute atomic E-state index is 12.1. The number of carbonyl (C=O) groups is 1. The smallest absolute Gasteiger partial charge is 0.407 e. The second-order valence-electron chi connectivity index (χ2n) is 8.89. The SMILES string of the molecule is CN=C(NCC1CN(C)CCO1)N(C)CCC(NC(=O)OC(C)(C)C)C(C)C. The summed E-state index contributed by atoms with van der Waals surface area (Å²) in [4.78, 5) is 20.8. The molecule has 2 atom stereocenters. The Morgan fingerprint density at radius 3 is 2.61 bits per heavy atom. The minimum atomic E-state index is -0.496. The second-order valence-corrected chi connectivity index (χ2v) is 8.89. The number of hydrogen-bond donors (Lipinski definition) is 2. The average Bonchev–Trinajstić information content (AvgIpc) is 2.57. The molecule has 1 aliphatic heterocycles. The highest BCUT2D eigenvalue weighted by atomic mass is 16.6. The van der Waals surface area contributed by atoms with Gasteiger partial charge in [-0.2, -0.15) is 0 Å². The highest BCUT2D eigenvalue weighted by Gasteiger charge is 2.22. The minimum Gasteiger partial charge on any atom is -0.444 e. The van der Waals surface area contributed by atoms with Crippen molar-refractivity contribution in [3.05, 3.63) is 0 Å². The van der Waals surface area contributed by atoms with Crippen LogP contribution in [0.25, 0.3) is 0 Å². The van der Waals surface area contributed by atoms with Crippen LogP contribution >= 0.6 is 0 Å². The number of amides is 1. The Hall–Kier alpha value is -1.54. The van der Waals surface area contributed by atoms with Crippen molar-refractivity contribution in [1.82, 2.24) is 20.4 Å². The normalized spacial score (nSPS) is 20.0. The van der Waals surface area contributed by atoms with E-state index in [0.29, 0.717) is 5.92 Å². The van der Waals surface area contributed by atoms with Gasteiger partial charge in [-0.25, -0.2) is 4.79 Å². The maximum atomic E-state index is 12.1. The van der Waals surface area contributed by atoms with E-state index < -0.39 is 5.60 Å². The van der Waals surface area contributed by atoms with Crippen molar-refractivity contribution in [2.75, 3.05) is 53.9 Å². The van der Waals surface area contributed by atoms with Crippen LogP contribution in [-0.4, -0.2) is 93.5 Å². The predicted molar refractivity (Wildman–Crippen MR) is 114 cm³/mol. The van der Waals surface area contributed by atoms with Crippen LogP contribution in [0.4, 0.5) is 4.79 Å². The van der Waals surface area contributed by atoms with Gasteiger partial charge >= 0.3 is 6.09 Å². The van der Waals surface area contributed by atoms with E-state index in [-0.39, 0.29) is 18.2 Å². The molecule has 0 saturated carbocycles. The summed E-state index contributed by atoms with van der Waals surface area (Å²) >= 11 is 0. The Labute approximate surface area is 171 Å². The minimum absolute atomic E-state index is 0.0331. The molecule has 1 amide bonds. The van der Waals surface area contributed by atoms with Gasteiger partial charge in [0.15, 0.2) is 5.96 Å². The number of guanidine groups is 1. The predicted octanol–water partition coefficient (Wildman–Crippen LogP) is 1.76. The second kappa shape index (κ2) is 11.5. The molecule has 0 aliphatic carbocycles. The average molecular weight is 400 g/mol. The molecule has 1 saturated heterocycles. The van der Waals surface area contributed by atoms with E-state index in [4.69, 9.17) is 9.47 Å². The Bertz CT molecular complexity index is 505. The summed E-state index contributed by atoms with van der Waals surface area (Å²) in [5.41, 5.74) is -0.496. The topological polar surface area (TPSA) is 78.4 Å². The zero-order valence-corrected chi connectivity index (χ0v) is 19.0. The Kier molecular flexibility index (Phi) is 10.0. The van der Waals surface area contributed by atoms with Gasteiger partial charge < -0.3 is 29.9 Å². The molecule has 1 rings (SSSR count). The molecule has 164 valence electrons. The summed E-state index contributed by atoms with van der Waals surface area (Å²) < 4.78 is 11.2.